The average Bonchev–Trinajstić information content (AvgIpc) is 2.25. The first-order valence-corrected chi connectivity index (χ1v) is 6.61. The Hall–Kier alpha value is -0.940. The number of nitrogens with one attached hydrogen (secondary N) is 1. The van der Waals surface area contributed by atoms with Gasteiger partial charge in [0.1, 0.15) is 5.82 Å². The number of hydrogen-bond donors (Lipinski definition) is 2. The van der Waals surface area contributed by atoms with E-state index in [0.29, 0.717) is 10.2 Å². The zero-order valence-electron chi connectivity index (χ0n) is 10.8. The number of nitrogens with two attached hydrogens (primary N) is 1. The monoisotopic (exact) mass is 316 g/mol. The first-order valence-electron chi connectivity index (χ1n) is 5.82. The maximum Gasteiger partial charge on any atom is 0.225 e. The molecule has 1 aromatic rings. The molecule has 0 aliphatic carbocycles. The van der Waals surface area contributed by atoms with Gasteiger partial charge in [-0.2, -0.15) is 0 Å². The predicted octanol–water partition coefficient (Wildman–Crippen LogP) is 3.21. The average molecular weight is 317 g/mol. The van der Waals surface area contributed by atoms with Crippen molar-refractivity contribution < 1.29 is 9.18 Å². The number of carbonyl (C=O) groups is 1. The molecule has 0 aliphatic heterocycles. The van der Waals surface area contributed by atoms with E-state index in [9.17, 15) is 9.18 Å². The van der Waals surface area contributed by atoms with Crippen LogP contribution in [0.4, 0.5) is 10.1 Å². The van der Waals surface area contributed by atoms with Crippen molar-refractivity contribution in [2.24, 2.45) is 11.7 Å². The summed E-state index contributed by atoms with van der Waals surface area (Å²) in [5.74, 6) is -0.358. The van der Waals surface area contributed by atoms with Gasteiger partial charge in [0.2, 0.25) is 5.91 Å². The van der Waals surface area contributed by atoms with E-state index in [1.54, 1.807) is 6.07 Å². The molecule has 1 aromatic carbocycles. The molecule has 5 heteroatoms. The topological polar surface area (TPSA) is 55.1 Å². The molecule has 0 saturated heterocycles. The minimum Gasteiger partial charge on any atom is -0.327 e. The largest absolute Gasteiger partial charge is 0.327 e. The normalized spacial score (nSPS) is 12.6. The van der Waals surface area contributed by atoms with Crippen molar-refractivity contribution in [3.8, 4) is 0 Å². The Morgan fingerprint density at radius 2 is 2.11 bits per heavy atom. The van der Waals surface area contributed by atoms with Crippen molar-refractivity contribution in [3.63, 3.8) is 0 Å². The van der Waals surface area contributed by atoms with Crippen LogP contribution in [0.1, 0.15) is 25.8 Å². The first kappa shape index (κ1) is 15.1. The second-order valence-electron chi connectivity index (χ2n) is 4.74. The summed E-state index contributed by atoms with van der Waals surface area (Å²) < 4.78 is 13.8. The van der Waals surface area contributed by atoms with Gasteiger partial charge in [0.15, 0.2) is 0 Å². The molecule has 0 aliphatic rings. The fourth-order valence-corrected chi connectivity index (χ4v) is 1.89. The number of carbonyl (C=O) groups excluding carboxylic acids is 1. The summed E-state index contributed by atoms with van der Waals surface area (Å²) in [6, 6.07) is 2.75. The third-order valence-electron chi connectivity index (χ3n) is 2.82. The summed E-state index contributed by atoms with van der Waals surface area (Å²) in [4.78, 5) is 11.8. The van der Waals surface area contributed by atoms with Gasteiger partial charge in [-0.15, -0.1) is 0 Å². The summed E-state index contributed by atoms with van der Waals surface area (Å²) in [6.45, 7) is 5.73. The van der Waals surface area contributed by atoms with Gasteiger partial charge < -0.3 is 11.1 Å². The third-order valence-corrected chi connectivity index (χ3v) is 3.43. The van der Waals surface area contributed by atoms with E-state index in [2.05, 4.69) is 21.2 Å². The molecule has 0 spiro atoms. The van der Waals surface area contributed by atoms with Crippen molar-refractivity contribution in [2.75, 3.05) is 5.32 Å². The second-order valence-corrected chi connectivity index (χ2v) is 5.60. The summed E-state index contributed by atoms with van der Waals surface area (Å²) >= 11 is 3.10. The van der Waals surface area contributed by atoms with Crippen LogP contribution >= 0.6 is 15.9 Å². The van der Waals surface area contributed by atoms with Crippen LogP contribution in [-0.4, -0.2) is 11.9 Å². The van der Waals surface area contributed by atoms with Gasteiger partial charge >= 0.3 is 0 Å². The Morgan fingerprint density at radius 3 is 2.67 bits per heavy atom. The molecule has 0 saturated carbocycles. The fraction of sp³-hybridized carbons (Fsp3) is 0.462. The Labute approximate surface area is 115 Å². The number of amides is 1. The highest BCUT2D eigenvalue weighted by molar-refractivity contribution is 9.10. The van der Waals surface area contributed by atoms with Crippen LogP contribution in [0.5, 0.6) is 0 Å². The Bertz CT molecular complexity index is 449. The smallest absolute Gasteiger partial charge is 0.225 e. The quantitative estimate of drug-likeness (QED) is 0.896. The number of anilines is 1. The van der Waals surface area contributed by atoms with E-state index in [-0.39, 0.29) is 24.3 Å². The molecule has 1 unspecified atom stereocenters. The highest BCUT2D eigenvalue weighted by Crippen LogP contribution is 2.24. The van der Waals surface area contributed by atoms with E-state index < -0.39 is 5.82 Å². The van der Waals surface area contributed by atoms with E-state index in [0.717, 1.165) is 5.56 Å². The minimum absolute atomic E-state index is 0.189. The van der Waals surface area contributed by atoms with Gasteiger partial charge in [0, 0.05) is 18.2 Å². The Morgan fingerprint density at radius 1 is 1.50 bits per heavy atom. The van der Waals surface area contributed by atoms with E-state index in [1.807, 2.05) is 20.8 Å². The number of rotatable bonds is 4. The van der Waals surface area contributed by atoms with E-state index in [1.165, 1.54) is 6.07 Å². The SMILES string of the molecule is Cc1cc(Br)c(F)cc1NC(=O)CC(N)C(C)C. The van der Waals surface area contributed by atoms with Gasteiger partial charge in [-0.1, -0.05) is 13.8 Å². The first-order chi connectivity index (χ1) is 8.31. The summed E-state index contributed by atoms with van der Waals surface area (Å²) in [5, 5.41) is 2.68. The minimum atomic E-state index is -0.399. The lowest BCUT2D eigenvalue weighted by Crippen LogP contribution is -2.31. The second kappa shape index (κ2) is 6.29. The van der Waals surface area contributed by atoms with Crippen LogP contribution < -0.4 is 11.1 Å². The molecule has 1 amide bonds. The Kier molecular flexibility index (Phi) is 5.28. The fourth-order valence-electron chi connectivity index (χ4n) is 1.43. The van der Waals surface area contributed by atoms with Gasteiger partial charge in [0.25, 0.3) is 0 Å². The van der Waals surface area contributed by atoms with Crippen LogP contribution in [0, 0.1) is 18.7 Å². The van der Waals surface area contributed by atoms with Crippen molar-refractivity contribution >= 4 is 27.5 Å². The van der Waals surface area contributed by atoms with Crippen molar-refractivity contribution in [1.82, 2.24) is 0 Å². The van der Waals surface area contributed by atoms with Crippen LogP contribution in [0.2, 0.25) is 0 Å². The molecule has 0 aromatic heterocycles. The zero-order valence-corrected chi connectivity index (χ0v) is 12.3. The molecule has 0 fully saturated rings. The van der Waals surface area contributed by atoms with E-state index >= 15 is 0 Å². The molecular formula is C13H18BrFN2O. The lowest BCUT2D eigenvalue weighted by molar-refractivity contribution is -0.116. The van der Waals surface area contributed by atoms with E-state index in [4.69, 9.17) is 5.73 Å². The van der Waals surface area contributed by atoms with Crippen molar-refractivity contribution in [1.29, 1.82) is 0 Å². The summed E-state index contributed by atoms with van der Waals surface area (Å²) in [7, 11) is 0. The highest BCUT2D eigenvalue weighted by atomic mass is 79.9. The maximum atomic E-state index is 13.4. The van der Waals surface area contributed by atoms with Gasteiger partial charge in [-0.3, -0.25) is 4.79 Å². The molecular weight excluding hydrogens is 299 g/mol. The van der Waals surface area contributed by atoms with Crippen molar-refractivity contribution in [2.45, 2.75) is 33.2 Å². The summed E-state index contributed by atoms with van der Waals surface area (Å²) in [6.07, 6.45) is 0.231. The van der Waals surface area contributed by atoms with Crippen LogP contribution in [-0.2, 0) is 4.79 Å². The predicted molar refractivity (Wildman–Crippen MR) is 74.9 cm³/mol. The van der Waals surface area contributed by atoms with Gasteiger partial charge in [-0.25, -0.2) is 4.39 Å². The lowest BCUT2D eigenvalue weighted by atomic mass is 10.0. The number of aryl methyl sites for hydroxylation is 1. The standard InChI is InChI=1S/C13H18BrFN2O/c1-7(2)11(16)6-13(18)17-12-5-10(15)9(14)4-8(12)3/h4-5,7,11H,6,16H2,1-3H3,(H,17,18). The Balaban J connectivity index is 2.73. The van der Waals surface area contributed by atoms with Crippen molar-refractivity contribution in [3.05, 3.63) is 28.0 Å². The molecule has 0 radical (unpaired) electrons. The number of halogens is 2. The van der Waals surface area contributed by atoms with Gasteiger partial charge in [-0.05, 0) is 46.5 Å². The van der Waals surface area contributed by atoms with Crippen LogP contribution in [0.25, 0.3) is 0 Å². The van der Waals surface area contributed by atoms with Crippen LogP contribution in [0.15, 0.2) is 16.6 Å². The highest BCUT2D eigenvalue weighted by Gasteiger charge is 2.14. The molecule has 0 heterocycles. The molecule has 18 heavy (non-hydrogen) atoms. The van der Waals surface area contributed by atoms with Crippen LogP contribution in [0.3, 0.4) is 0 Å². The third kappa shape index (κ3) is 4.07. The molecule has 0 bridgehead atoms. The molecule has 100 valence electrons. The zero-order chi connectivity index (χ0) is 13.9. The number of hydrogen-bond acceptors (Lipinski definition) is 2. The maximum absolute atomic E-state index is 13.4. The molecule has 1 atom stereocenters. The van der Waals surface area contributed by atoms with Gasteiger partial charge in [0.05, 0.1) is 4.47 Å². The molecule has 3 nitrogen and oxygen atoms in total. The molecule has 1 rings (SSSR count). The number of benzene rings is 1. The molecule has 3 N–H and O–H groups in total. The summed E-state index contributed by atoms with van der Waals surface area (Å²) in [5.41, 5.74) is 7.10. The lowest BCUT2D eigenvalue weighted by Gasteiger charge is -2.16.